The first-order valence-electron chi connectivity index (χ1n) is 8.90. The Hall–Kier alpha value is -2.17. The van der Waals surface area contributed by atoms with Crippen molar-refractivity contribution in [1.29, 1.82) is 0 Å². The van der Waals surface area contributed by atoms with Crippen LogP contribution in [0.15, 0.2) is 28.8 Å². The quantitative estimate of drug-likeness (QED) is 0.817. The minimum Gasteiger partial charge on any atom is -0.339 e. The summed E-state index contributed by atoms with van der Waals surface area (Å²) < 4.78 is 5.13. The predicted molar refractivity (Wildman–Crippen MR) is 89.3 cm³/mol. The van der Waals surface area contributed by atoms with Crippen LogP contribution >= 0.6 is 0 Å². The lowest BCUT2D eigenvalue weighted by atomic mass is 10.1. The minimum atomic E-state index is 0.270. The van der Waals surface area contributed by atoms with E-state index in [4.69, 9.17) is 4.52 Å². The number of aromatic nitrogens is 2. The first-order chi connectivity index (χ1) is 11.7. The standard InChI is InChI=1S/C19H23N3O2/c1-13-20-18(24-21-13)7-4-8-19(23)22(15-10-11-15)17-12-9-14-5-2-3-6-16(14)17/h2-3,5-6,15,17H,4,7-12H2,1H3/t17-/m0/s1. The zero-order valence-corrected chi connectivity index (χ0v) is 14.1. The molecule has 0 N–H and O–H groups in total. The van der Waals surface area contributed by atoms with Crippen LogP contribution in [0.2, 0.25) is 0 Å². The van der Waals surface area contributed by atoms with Gasteiger partial charge in [-0.05, 0) is 50.2 Å². The van der Waals surface area contributed by atoms with Gasteiger partial charge in [-0.1, -0.05) is 29.4 Å². The van der Waals surface area contributed by atoms with E-state index in [1.807, 2.05) is 6.92 Å². The van der Waals surface area contributed by atoms with Crippen molar-refractivity contribution in [3.8, 4) is 0 Å². The Bertz CT molecular complexity index is 736. The van der Waals surface area contributed by atoms with Crippen molar-refractivity contribution in [2.24, 2.45) is 0 Å². The third kappa shape index (κ3) is 3.07. The number of hydrogen-bond donors (Lipinski definition) is 0. The molecule has 0 spiro atoms. The Morgan fingerprint density at radius 1 is 1.29 bits per heavy atom. The van der Waals surface area contributed by atoms with Gasteiger partial charge in [-0.25, -0.2) is 0 Å². The van der Waals surface area contributed by atoms with Gasteiger partial charge >= 0.3 is 0 Å². The van der Waals surface area contributed by atoms with E-state index in [2.05, 4.69) is 39.3 Å². The van der Waals surface area contributed by atoms with Gasteiger partial charge in [0.05, 0.1) is 6.04 Å². The molecular weight excluding hydrogens is 302 g/mol. The average Bonchev–Trinajstić information content (AvgIpc) is 3.19. The molecule has 1 saturated carbocycles. The number of amides is 1. The van der Waals surface area contributed by atoms with Gasteiger partial charge in [0, 0.05) is 18.9 Å². The lowest BCUT2D eigenvalue weighted by Gasteiger charge is -2.30. The second kappa shape index (κ2) is 6.38. The van der Waals surface area contributed by atoms with Crippen LogP contribution in [0.1, 0.15) is 61.0 Å². The Balaban J connectivity index is 1.41. The molecule has 0 bridgehead atoms. The van der Waals surface area contributed by atoms with Crippen LogP contribution < -0.4 is 0 Å². The third-order valence-corrected chi connectivity index (χ3v) is 5.02. The SMILES string of the molecule is Cc1noc(CCCC(=O)N(C2CC2)[C@H]2CCc3ccccc32)n1. The molecule has 5 heteroatoms. The fourth-order valence-corrected chi connectivity index (χ4v) is 3.77. The van der Waals surface area contributed by atoms with Crippen LogP contribution in [-0.4, -0.2) is 27.0 Å². The molecule has 0 aliphatic heterocycles. The van der Waals surface area contributed by atoms with Gasteiger partial charge in [-0.2, -0.15) is 4.98 Å². The first kappa shape index (κ1) is 15.4. The number of carbonyl (C=O) groups excluding carboxylic acids is 1. The highest BCUT2D eigenvalue weighted by atomic mass is 16.5. The molecule has 0 saturated heterocycles. The largest absolute Gasteiger partial charge is 0.339 e. The molecule has 0 radical (unpaired) electrons. The van der Waals surface area contributed by atoms with Crippen molar-refractivity contribution < 1.29 is 9.32 Å². The van der Waals surface area contributed by atoms with Crippen molar-refractivity contribution in [2.45, 2.75) is 64.0 Å². The maximum Gasteiger partial charge on any atom is 0.226 e. The van der Waals surface area contributed by atoms with Gasteiger partial charge in [0.15, 0.2) is 5.82 Å². The summed E-state index contributed by atoms with van der Waals surface area (Å²) in [7, 11) is 0. The molecule has 1 aromatic carbocycles. The highest BCUT2D eigenvalue weighted by Crippen LogP contribution is 2.42. The summed E-state index contributed by atoms with van der Waals surface area (Å²) in [5, 5.41) is 3.79. The van der Waals surface area contributed by atoms with Crippen LogP contribution in [0, 0.1) is 6.92 Å². The number of benzene rings is 1. The van der Waals surface area contributed by atoms with E-state index in [9.17, 15) is 4.79 Å². The normalized spacial score (nSPS) is 19.3. The first-order valence-corrected chi connectivity index (χ1v) is 8.90. The number of rotatable bonds is 6. The van der Waals surface area contributed by atoms with Crippen molar-refractivity contribution in [2.75, 3.05) is 0 Å². The van der Waals surface area contributed by atoms with Crippen LogP contribution in [0.5, 0.6) is 0 Å². The number of nitrogens with zero attached hydrogens (tertiary/aromatic N) is 3. The summed E-state index contributed by atoms with van der Waals surface area (Å²) in [6.45, 7) is 1.81. The Kier molecular flexibility index (Phi) is 4.08. The molecule has 1 aromatic heterocycles. The Morgan fingerprint density at radius 3 is 2.88 bits per heavy atom. The summed E-state index contributed by atoms with van der Waals surface area (Å²) in [6.07, 6.45) is 6.42. The summed E-state index contributed by atoms with van der Waals surface area (Å²) in [4.78, 5) is 19.3. The maximum absolute atomic E-state index is 12.9. The zero-order chi connectivity index (χ0) is 16.5. The van der Waals surface area contributed by atoms with Crippen molar-refractivity contribution >= 4 is 5.91 Å². The van der Waals surface area contributed by atoms with Crippen molar-refractivity contribution in [3.63, 3.8) is 0 Å². The van der Waals surface area contributed by atoms with E-state index in [-0.39, 0.29) is 11.9 Å². The number of carbonyl (C=O) groups is 1. The maximum atomic E-state index is 12.9. The number of hydrogen-bond acceptors (Lipinski definition) is 4. The van der Waals surface area contributed by atoms with Gasteiger partial charge in [-0.3, -0.25) is 4.79 Å². The lowest BCUT2D eigenvalue weighted by Crippen LogP contribution is -2.35. The minimum absolute atomic E-state index is 0.270. The summed E-state index contributed by atoms with van der Waals surface area (Å²) in [5.41, 5.74) is 2.76. The van der Waals surface area contributed by atoms with E-state index in [0.717, 1.165) is 32.1 Å². The van der Waals surface area contributed by atoms with Gasteiger partial charge in [0.2, 0.25) is 11.8 Å². The molecule has 2 aliphatic carbocycles. The molecular formula is C19H23N3O2. The lowest BCUT2D eigenvalue weighted by molar-refractivity contribution is -0.134. The molecule has 126 valence electrons. The average molecular weight is 325 g/mol. The highest BCUT2D eigenvalue weighted by molar-refractivity contribution is 5.77. The molecule has 1 atom stereocenters. The molecule has 1 fully saturated rings. The molecule has 1 heterocycles. The van der Waals surface area contributed by atoms with E-state index in [1.54, 1.807) is 0 Å². The second-order valence-corrected chi connectivity index (χ2v) is 6.87. The second-order valence-electron chi connectivity index (χ2n) is 6.87. The Morgan fingerprint density at radius 2 is 2.12 bits per heavy atom. The van der Waals surface area contributed by atoms with Gasteiger partial charge in [-0.15, -0.1) is 0 Å². The zero-order valence-electron chi connectivity index (χ0n) is 14.1. The summed E-state index contributed by atoms with van der Waals surface area (Å²) >= 11 is 0. The topological polar surface area (TPSA) is 59.2 Å². The molecule has 4 rings (SSSR count). The Labute approximate surface area is 142 Å². The molecule has 1 amide bonds. The molecule has 24 heavy (non-hydrogen) atoms. The third-order valence-electron chi connectivity index (χ3n) is 5.02. The molecule has 2 aromatic rings. The van der Waals surface area contributed by atoms with E-state index >= 15 is 0 Å². The summed E-state index contributed by atoms with van der Waals surface area (Å²) in [5.74, 6) is 1.55. The van der Waals surface area contributed by atoms with Gasteiger partial charge in [0.1, 0.15) is 0 Å². The number of fused-ring (bicyclic) bond motifs is 1. The van der Waals surface area contributed by atoms with Crippen molar-refractivity contribution in [1.82, 2.24) is 15.0 Å². The van der Waals surface area contributed by atoms with Crippen LogP contribution in [-0.2, 0) is 17.6 Å². The number of aryl methyl sites for hydroxylation is 3. The monoisotopic (exact) mass is 325 g/mol. The highest BCUT2D eigenvalue weighted by Gasteiger charge is 2.39. The van der Waals surface area contributed by atoms with Crippen LogP contribution in [0.25, 0.3) is 0 Å². The fourth-order valence-electron chi connectivity index (χ4n) is 3.77. The molecule has 2 aliphatic rings. The van der Waals surface area contributed by atoms with Gasteiger partial charge in [0.25, 0.3) is 0 Å². The van der Waals surface area contributed by atoms with Crippen LogP contribution in [0.4, 0.5) is 0 Å². The van der Waals surface area contributed by atoms with E-state index in [0.29, 0.717) is 30.6 Å². The van der Waals surface area contributed by atoms with Crippen molar-refractivity contribution in [3.05, 3.63) is 47.1 Å². The fraction of sp³-hybridized carbons (Fsp3) is 0.526. The van der Waals surface area contributed by atoms with E-state index < -0.39 is 0 Å². The van der Waals surface area contributed by atoms with E-state index in [1.165, 1.54) is 11.1 Å². The predicted octanol–water partition coefficient (Wildman–Crippen LogP) is 3.38. The van der Waals surface area contributed by atoms with Crippen LogP contribution in [0.3, 0.4) is 0 Å². The van der Waals surface area contributed by atoms with Gasteiger partial charge < -0.3 is 9.42 Å². The molecule has 5 nitrogen and oxygen atoms in total. The smallest absolute Gasteiger partial charge is 0.226 e. The molecule has 0 unspecified atom stereocenters. The summed E-state index contributed by atoms with van der Waals surface area (Å²) in [6, 6.07) is 9.28.